The summed E-state index contributed by atoms with van der Waals surface area (Å²) in [6, 6.07) is 6.69. The maximum atomic E-state index is 13.5. The number of alkyl halides is 3. The number of benzene rings is 1. The van der Waals surface area contributed by atoms with Crippen molar-refractivity contribution in [3.63, 3.8) is 0 Å². The van der Waals surface area contributed by atoms with Crippen LogP contribution in [0.2, 0.25) is 10.0 Å². The highest BCUT2D eigenvalue weighted by molar-refractivity contribution is 9.10. The summed E-state index contributed by atoms with van der Waals surface area (Å²) in [5.74, 6) is -1.88. The second-order valence-electron chi connectivity index (χ2n) is 7.19. The molecule has 4 rings (SSSR count). The van der Waals surface area contributed by atoms with Crippen molar-refractivity contribution in [2.75, 3.05) is 0 Å². The third-order valence-corrected chi connectivity index (χ3v) is 6.10. The van der Waals surface area contributed by atoms with Crippen LogP contribution in [0.3, 0.4) is 0 Å². The van der Waals surface area contributed by atoms with Crippen molar-refractivity contribution in [2.24, 2.45) is 5.73 Å². The fraction of sp³-hybridized carbons (Fsp3) is 0.100. The third-order valence-electron chi connectivity index (χ3n) is 4.95. The van der Waals surface area contributed by atoms with E-state index in [-0.39, 0.29) is 37.0 Å². The van der Waals surface area contributed by atoms with Crippen molar-refractivity contribution in [3.8, 4) is 0 Å². The first-order chi connectivity index (χ1) is 16.9. The van der Waals surface area contributed by atoms with Crippen LogP contribution in [0.5, 0.6) is 0 Å². The average molecular weight is 604 g/mol. The van der Waals surface area contributed by atoms with E-state index in [9.17, 15) is 22.8 Å². The lowest BCUT2D eigenvalue weighted by atomic mass is 9.89. The van der Waals surface area contributed by atoms with Crippen molar-refractivity contribution >= 4 is 50.9 Å². The van der Waals surface area contributed by atoms with Crippen molar-refractivity contribution in [1.82, 2.24) is 35.5 Å². The van der Waals surface area contributed by atoms with E-state index in [2.05, 4.69) is 46.7 Å². The second kappa shape index (κ2) is 9.52. The van der Waals surface area contributed by atoms with Gasteiger partial charge in [-0.1, -0.05) is 44.3 Å². The lowest BCUT2D eigenvalue weighted by Crippen LogP contribution is -2.54. The van der Waals surface area contributed by atoms with Gasteiger partial charge in [-0.25, -0.2) is 4.68 Å². The van der Waals surface area contributed by atoms with Crippen LogP contribution in [0.4, 0.5) is 13.2 Å². The highest BCUT2D eigenvalue weighted by atomic mass is 79.9. The Morgan fingerprint density at radius 2 is 1.92 bits per heavy atom. The molecule has 0 saturated carbocycles. The zero-order valence-electron chi connectivity index (χ0n) is 17.5. The van der Waals surface area contributed by atoms with Crippen molar-refractivity contribution < 1.29 is 22.8 Å². The highest BCUT2D eigenvalue weighted by Crippen LogP contribution is 2.42. The van der Waals surface area contributed by atoms with Crippen LogP contribution in [0.1, 0.15) is 37.8 Å². The summed E-state index contributed by atoms with van der Waals surface area (Å²) >= 11 is 15.9. The smallest absolute Gasteiger partial charge is 0.366 e. The zero-order chi connectivity index (χ0) is 26.3. The number of nitrogens with zero attached hydrogens (tertiary/aromatic N) is 5. The summed E-state index contributed by atoms with van der Waals surface area (Å²) in [5.41, 5.74) is 1.21. The first-order valence-electron chi connectivity index (χ1n) is 9.67. The van der Waals surface area contributed by atoms with Gasteiger partial charge >= 0.3 is 6.18 Å². The molecular formula is C20H12BrCl2F3N8O2. The van der Waals surface area contributed by atoms with Gasteiger partial charge in [0, 0.05) is 33.0 Å². The minimum atomic E-state index is -4.89. The number of aromatic amines is 1. The first-order valence-corrected chi connectivity index (χ1v) is 11.2. The molecule has 10 nitrogen and oxygen atoms in total. The second-order valence-corrected chi connectivity index (χ2v) is 8.89. The molecule has 0 fully saturated rings. The molecule has 2 amide bonds. The molecule has 36 heavy (non-hydrogen) atoms. The van der Waals surface area contributed by atoms with Crippen LogP contribution in [0.15, 0.2) is 53.4 Å². The number of pyridine rings is 1. The van der Waals surface area contributed by atoms with E-state index in [1.165, 1.54) is 42.7 Å². The third kappa shape index (κ3) is 4.54. The van der Waals surface area contributed by atoms with Crippen molar-refractivity contribution in [2.45, 2.75) is 11.8 Å². The molecule has 4 N–H and O–H groups in total. The summed E-state index contributed by atoms with van der Waals surface area (Å²) in [5, 5.41) is 15.6. The fourth-order valence-corrected chi connectivity index (χ4v) is 4.84. The standard InChI is InChI=1S/C20H12BrCl2F3N8O2/c21-11-7-9(22)6-10(17(27)35)15(11)19(16-12(23)2-1-4-28-16,30-18(36)13-3-5-29-31-13)34-8-14(32-33-34)20(24,25)26/h1-8H,(H2,27,35)(H,29,31)(H,30,36). The quantitative estimate of drug-likeness (QED) is 0.306. The number of amides is 2. The van der Waals surface area contributed by atoms with E-state index in [0.29, 0.717) is 10.9 Å². The van der Waals surface area contributed by atoms with Crippen LogP contribution in [0, 0.1) is 0 Å². The average Bonchev–Trinajstić information content (AvgIpc) is 3.50. The Labute approximate surface area is 218 Å². The Morgan fingerprint density at radius 3 is 2.50 bits per heavy atom. The minimum absolute atomic E-state index is 0.0647. The Hall–Kier alpha value is -3.49. The number of primary amides is 1. The van der Waals surface area contributed by atoms with Gasteiger partial charge in [-0.05, 0) is 30.3 Å². The monoisotopic (exact) mass is 602 g/mol. The fourth-order valence-electron chi connectivity index (χ4n) is 3.48. The van der Waals surface area contributed by atoms with Crippen molar-refractivity contribution in [1.29, 1.82) is 0 Å². The van der Waals surface area contributed by atoms with Gasteiger partial charge in [0.15, 0.2) is 5.69 Å². The number of rotatable bonds is 6. The van der Waals surface area contributed by atoms with Gasteiger partial charge in [0.25, 0.3) is 5.91 Å². The molecule has 0 radical (unpaired) electrons. The molecule has 0 spiro atoms. The highest BCUT2D eigenvalue weighted by Gasteiger charge is 2.48. The Balaban J connectivity index is 2.16. The lowest BCUT2D eigenvalue weighted by molar-refractivity contribution is -0.141. The number of halogens is 6. The molecular weight excluding hydrogens is 592 g/mol. The molecule has 0 aliphatic rings. The van der Waals surface area contributed by atoms with E-state index in [1.54, 1.807) is 0 Å². The molecule has 1 aromatic carbocycles. The molecule has 1 atom stereocenters. The Bertz CT molecular complexity index is 1460. The summed E-state index contributed by atoms with van der Waals surface area (Å²) in [7, 11) is 0. The normalized spacial score (nSPS) is 13.3. The molecule has 16 heteroatoms. The zero-order valence-corrected chi connectivity index (χ0v) is 20.6. The van der Waals surface area contributed by atoms with Crippen LogP contribution >= 0.6 is 39.1 Å². The largest absolute Gasteiger partial charge is 0.436 e. The van der Waals surface area contributed by atoms with Crippen molar-refractivity contribution in [3.05, 3.63) is 91.6 Å². The molecule has 0 aliphatic heterocycles. The van der Waals surface area contributed by atoms with Crippen LogP contribution in [-0.4, -0.2) is 42.0 Å². The summed E-state index contributed by atoms with van der Waals surface area (Å²) in [6.07, 6.45) is -1.79. The van der Waals surface area contributed by atoms with E-state index in [4.69, 9.17) is 28.9 Å². The summed E-state index contributed by atoms with van der Waals surface area (Å²) in [4.78, 5) is 30.1. The SMILES string of the molecule is NC(=O)c1cc(Cl)cc(Br)c1C(NC(=O)c1ccn[nH]1)(c1ncccc1Cl)n1cc(C(F)(F)F)nn1. The Kier molecular flexibility index (Phi) is 6.77. The van der Waals surface area contributed by atoms with E-state index >= 15 is 0 Å². The van der Waals surface area contributed by atoms with Gasteiger partial charge in [0.05, 0.1) is 11.2 Å². The van der Waals surface area contributed by atoms with Gasteiger partial charge in [-0.3, -0.25) is 19.7 Å². The van der Waals surface area contributed by atoms with Gasteiger partial charge in [0.1, 0.15) is 11.4 Å². The summed E-state index contributed by atoms with van der Waals surface area (Å²) in [6.45, 7) is 0. The number of aromatic nitrogens is 6. The van der Waals surface area contributed by atoms with Gasteiger partial charge in [0.2, 0.25) is 11.6 Å². The number of hydrogen-bond acceptors (Lipinski definition) is 6. The topological polar surface area (TPSA) is 144 Å². The summed E-state index contributed by atoms with van der Waals surface area (Å²) < 4.78 is 41.4. The lowest BCUT2D eigenvalue weighted by Gasteiger charge is -2.36. The molecule has 3 heterocycles. The van der Waals surface area contributed by atoms with Crippen LogP contribution in [-0.2, 0) is 11.8 Å². The number of H-pyrrole nitrogens is 1. The molecule has 0 saturated heterocycles. The molecule has 1 unspecified atom stereocenters. The van der Waals surface area contributed by atoms with E-state index < -0.39 is 29.3 Å². The van der Waals surface area contributed by atoms with Gasteiger partial charge in [-0.15, -0.1) is 5.10 Å². The molecule has 186 valence electrons. The Morgan fingerprint density at radius 1 is 1.17 bits per heavy atom. The predicted molar refractivity (Wildman–Crippen MR) is 124 cm³/mol. The van der Waals surface area contributed by atoms with Crippen LogP contribution in [0.25, 0.3) is 0 Å². The van der Waals surface area contributed by atoms with Gasteiger partial charge < -0.3 is 11.1 Å². The predicted octanol–water partition coefficient (Wildman–Crippen LogP) is 3.76. The number of nitrogens with two attached hydrogens (primary N) is 1. The number of carbonyl (C=O) groups is 2. The first kappa shape index (κ1) is 25.6. The van der Waals surface area contributed by atoms with E-state index in [0.717, 1.165) is 0 Å². The van der Waals surface area contributed by atoms with Gasteiger partial charge in [-0.2, -0.15) is 18.3 Å². The van der Waals surface area contributed by atoms with Crippen LogP contribution < -0.4 is 11.1 Å². The maximum Gasteiger partial charge on any atom is 0.436 e. The molecule has 4 aromatic rings. The minimum Gasteiger partial charge on any atom is -0.366 e. The number of carbonyl (C=O) groups excluding carboxylic acids is 2. The molecule has 0 aliphatic carbocycles. The number of hydrogen-bond donors (Lipinski definition) is 3. The molecule has 0 bridgehead atoms. The maximum absolute atomic E-state index is 13.5. The number of nitrogens with one attached hydrogen (secondary N) is 2. The van der Waals surface area contributed by atoms with E-state index in [1.807, 2.05) is 0 Å². The molecule has 3 aromatic heterocycles.